The summed E-state index contributed by atoms with van der Waals surface area (Å²) >= 11 is 0. The number of nitrogens with two attached hydrogens (primary N) is 1. The maximum atomic E-state index is 5.80. The van der Waals surface area contributed by atoms with Gasteiger partial charge in [0.2, 0.25) is 0 Å². The molecule has 0 bridgehead atoms. The second-order valence-corrected chi connectivity index (χ2v) is 5.10. The first-order chi connectivity index (χ1) is 7.94. The number of rotatable bonds is 3. The molecule has 0 amide bonds. The van der Waals surface area contributed by atoms with Gasteiger partial charge < -0.3 is 15.6 Å². The third-order valence-corrected chi connectivity index (χ3v) is 3.38. The van der Waals surface area contributed by atoms with Crippen molar-refractivity contribution in [2.24, 2.45) is 5.73 Å². The molecule has 1 aromatic heterocycles. The summed E-state index contributed by atoms with van der Waals surface area (Å²) < 4.78 is 0. The first kappa shape index (κ1) is 11.9. The summed E-state index contributed by atoms with van der Waals surface area (Å²) in [6.45, 7) is 6.85. The number of fused-ring (bicyclic) bond motifs is 1. The molecule has 0 saturated carbocycles. The smallest absolute Gasteiger partial charge is 0.104 e. The van der Waals surface area contributed by atoms with Crippen LogP contribution in [0.4, 0.5) is 5.69 Å². The molecule has 0 saturated heterocycles. The van der Waals surface area contributed by atoms with Gasteiger partial charge in [-0.1, -0.05) is 0 Å². The van der Waals surface area contributed by atoms with Crippen molar-refractivity contribution in [3.63, 3.8) is 0 Å². The molecule has 0 radical (unpaired) electrons. The highest BCUT2D eigenvalue weighted by Crippen LogP contribution is 2.24. The minimum absolute atomic E-state index is 0.0528. The maximum absolute atomic E-state index is 5.80. The molecule has 92 valence electrons. The van der Waals surface area contributed by atoms with Crippen molar-refractivity contribution in [3.8, 4) is 0 Å². The van der Waals surface area contributed by atoms with Crippen LogP contribution in [0.15, 0.2) is 18.2 Å². The number of anilines is 1. The third kappa shape index (κ3) is 2.13. The minimum Gasteiger partial charge on any atom is -0.368 e. The van der Waals surface area contributed by atoms with Crippen LogP contribution in [0.3, 0.4) is 0 Å². The maximum Gasteiger partial charge on any atom is 0.104 e. The second kappa shape index (κ2) is 4.04. The zero-order valence-corrected chi connectivity index (χ0v) is 10.9. The van der Waals surface area contributed by atoms with E-state index in [1.807, 2.05) is 13.0 Å². The monoisotopic (exact) mass is 232 g/mol. The van der Waals surface area contributed by atoms with Gasteiger partial charge in [-0.2, -0.15) is 0 Å². The largest absolute Gasteiger partial charge is 0.368 e. The number of aromatic nitrogens is 2. The number of aryl methyl sites for hydroxylation is 1. The predicted octanol–water partition coefficient (Wildman–Crippen LogP) is 2.04. The van der Waals surface area contributed by atoms with Gasteiger partial charge in [-0.3, -0.25) is 0 Å². The zero-order chi connectivity index (χ0) is 12.6. The Morgan fingerprint density at radius 2 is 2.12 bits per heavy atom. The van der Waals surface area contributed by atoms with Gasteiger partial charge in [-0.25, -0.2) is 4.98 Å². The lowest BCUT2D eigenvalue weighted by atomic mass is 10.0. The molecule has 0 aliphatic carbocycles. The van der Waals surface area contributed by atoms with Crippen molar-refractivity contribution < 1.29 is 0 Å². The molecule has 0 unspecified atom stereocenters. The molecule has 3 N–H and O–H groups in total. The van der Waals surface area contributed by atoms with Crippen LogP contribution in [-0.2, 0) is 0 Å². The van der Waals surface area contributed by atoms with Crippen molar-refractivity contribution in [3.05, 3.63) is 24.0 Å². The molecule has 4 nitrogen and oxygen atoms in total. The molecule has 2 aromatic rings. The minimum atomic E-state index is -0.0528. The van der Waals surface area contributed by atoms with Gasteiger partial charge in [0, 0.05) is 24.8 Å². The molecule has 0 aliphatic rings. The molecule has 2 rings (SSSR count). The van der Waals surface area contributed by atoms with E-state index in [1.54, 1.807) is 0 Å². The summed E-state index contributed by atoms with van der Waals surface area (Å²) in [7, 11) is 2.07. The fourth-order valence-corrected chi connectivity index (χ4v) is 1.82. The Bertz CT molecular complexity index is 527. The fraction of sp³-hybridized carbons (Fsp3) is 0.462. The molecule has 0 aliphatic heterocycles. The van der Waals surface area contributed by atoms with E-state index in [0.29, 0.717) is 6.54 Å². The summed E-state index contributed by atoms with van der Waals surface area (Å²) in [5.41, 5.74) is 8.97. The summed E-state index contributed by atoms with van der Waals surface area (Å²) in [5.74, 6) is 0.942. The van der Waals surface area contributed by atoms with Crippen molar-refractivity contribution in [1.82, 2.24) is 9.97 Å². The fourth-order valence-electron chi connectivity index (χ4n) is 1.82. The van der Waals surface area contributed by atoms with E-state index >= 15 is 0 Å². The highest BCUT2D eigenvalue weighted by atomic mass is 15.2. The van der Waals surface area contributed by atoms with Crippen LogP contribution in [-0.4, -0.2) is 29.1 Å². The number of nitrogens with zero attached hydrogens (tertiary/aromatic N) is 2. The first-order valence-corrected chi connectivity index (χ1v) is 5.84. The molecule has 1 heterocycles. The standard InChI is InChI=1S/C13H20N4/c1-9-15-11-6-5-10(7-12(11)16-9)17(4)13(2,3)8-14/h5-7H,8,14H2,1-4H3,(H,15,16). The lowest BCUT2D eigenvalue weighted by Crippen LogP contribution is -2.47. The van der Waals surface area contributed by atoms with Gasteiger partial charge in [0.05, 0.1) is 11.0 Å². The topological polar surface area (TPSA) is 57.9 Å². The highest BCUT2D eigenvalue weighted by molar-refractivity contribution is 5.79. The Hall–Kier alpha value is -1.55. The Labute approximate surface area is 102 Å². The summed E-state index contributed by atoms with van der Waals surface area (Å²) in [6.07, 6.45) is 0. The normalized spacial score (nSPS) is 12.1. The molecular formula is C13H20N4. The van der Waals surface area contributed by atoms with E-state index in [-0.39, 0.29) is 5.54 Å². The quantitative estimate of drug-likeness (QED) is 0.851. The number of aromatic amines is 1. The van der Waals surface area contributed by atoms with E-state index in [2.05, 4.69) is 47.9 Å². The molecule has 1 aromatic carbocycles. The van der Waals surface area contributed by atoms with E-state index in [9.17, 15) is 0 Å². The second-order valence-electron chi connectivity index (χ2n) is 5.10. The lowest BCUT2D eigenvalue weighted by Gasteiger charge is -2.36. The number of hydrogen-bond acceptors (Lipinski definition) is 3. The van der Waals surface area contributed by atoms with Gasteiger partial charge in [-0.05, 0) is 39.0 Å². The van der Waals surface area contributed by atoms with Gasteiger partial charge in [0.25, 0.3) is 0 Å². The number of H-pyrrole nitrogens is 1. The van der Waals surface area contributed by atoms with Crippen LogP contribution in [0.2, 0.25) is 0 Å². The molecule has 0 spiro atoms. The predicted molar refractivity (Wildman–Crippen MR) is 72.4 cm³/mol. The van der Waals surface area contributed by atoms with E-state index < -0.39 is 0 Å². The lowest BCUT2D eigenvalue weighted by molar-refractivity contribution is 0.499. The van der Waals surface area contributed by atoms with Crippen molar-refractivity contribution in [2.45, 2.75) is 26.3 Å². The number of benzene rings is 1. The average molecular weight is 232 g/mol. The van der Waals surface area contributed by atoms with Crippen molar-refractivity contribution in [1.29, 1.82) is 0 Å². The summed E-state index contributed by atoms with van der Waals surface area (Å²) in [6, 6.07) is 6.24. The molecule has 0 atom stereocenters. The Balaban J connectivity index is 2.42. The van der Waals surface area contributed by atoms with Crippen LogP contribution < -0.4 is 10.6 Å². The van der Waals surface area contributed by atoms with Gasteiger partial charge in [0.15, 0.2) is 0 Å². The molecule has 17 heavy (non-hydrogen) atoms. The van der Waals surface area contributed by atoms with E-state index in [1.165, 1.54) is 0 Å². The number of imidazole rings is 1. The third-order valence-electron chi connectivity index (χ3n) is 3.38. The van der Waals surface area contributed by atoms with Crippen LogP contribution in [0.5, 0.6) is 0 Å². The zero-order valence-electron chi connectivity index (χ0n) is 10.9. The number of hydrogen-bond donors (Lipinski definition) is 2. The Morgan fingerprint density at radius 1 is 1.41 bits per heavy atom. The van der Waals surface area contributed by atoms with Gasteiger partial charge in [0.1, 0.15) is 5.82 Å². The summed E-state index contributed by atoms with van der Waals surface area (Å²) in [4.78, 5) is 9.85. The number of nitrogens with one attached hydrogen (secondary N) is 1. The van der Waals surface area contributed by atoms with Crippen molar-refractivity contribution in [2.75, 3.05) is 18.5 Å². The van der Waals surface area contributed by atoms with Gasteiger partial charge in [-0.15, -0.1) is 0 Å². The first-order valence-electron chi connectivity index (χ1n) is 5.84. The molecular weight excluding hydrogens is 212 g/mol. The highest BCUT2D eigenvalue weighted by Gasteiger charge is 2.22. The van der Waals surface area contributed by atoms with Crippen LogP contribution >= 0.6 is 0 Å². The Morgan fingerprint density at radius 3 is 2.76 bits per heavy atom. The van der Waals surface area contributed by atoms with E-state index in [4.69, 9.17) is 5.73 Å². The van der Waals surface area contributed by atoms with E-state index in [0.717, 1.165) is 22.5 Å². The van der Waals surface area contributed by atoms with Crippen LogP contribution in [0.25, 0.3) is 11.0 Å². The Kier molecular flexibility index (Phi) is 2.83. The van der Waals surface area contributed by atoms with Crippen molar-refractivity contribution >= 4 is 16.7 Å². The van der Waals surface area contributed by atoms with Crippen LogP contribution in [0, 0.1) is 6.92 Å². The number of likely N-dealkylation sites (N-methyl/N-ethyl adjacent to an activating group) is 1. The SMILES string of the molecule is Cc1nc2ccc(N(C)C(C)(C)CN)cc2[nH]1. The average Bonchev–Trinajstić information content (AvgIpc) is 2.66. The van der Waals surface area contributed by atoms with Gasteiger partial charge >= 0.3 is 0 Å². The van der Waals surface area contributed by atoms with Crippen LogP contribution in [0.1, 0.15) is 19.7 Å². The molecule has 0 fully saturated rings. The summed E-state index contributed by atoms with van der Waals surface area (Å²) in [5, 5.41) is 0. The molecule has 4 heteroatoms.